The van der Waals surface area contributed by atoms with Crippen molar-refractivity contribution in [1.29, 1.82) is 0 Å². The molecular weight excluding hydrogens is 389 g/mol. The van der Waals surface area contributed by atoms with Crippen molar-refractivity contribution in [3.63, 3.8) is 0 Å². The standard InChI is InChI=1S/C11H24S8/c1-13-8-18-10-16-6-2-4-14-9-15-5-3-7-17-11-19-12/h12H,2-11H2,1H3. The summed E-state index contributed by atoms with van der Waals surface area (Å²) < 4.78 is 0. The Labute approximate surface area is 154 Å². The highest BCUT2D eigenvalue weighted by molar-refractivity contribution is 8.70. The Morgan fingerprint density at radius 2 is 1.11 bits per heavy atom. The quantitative estimate of drug-likeness (QED) is 0.137. The van der Waals surface area contributed by atoms with Gasteiger partial charge < -0.3 is 0 Å². The minimum atomic E-state index is 1.12. The smallest absolute Gasteiger partial charge is 0.0493 e. The summed E-state index contributed by atoms with van der Waals surface area (Å²) in [5, 5.41) is 4.90. The van der Waals surface area contributed by atoms with Crippen molar-refractivity contribution in [3.8, 4) is 0 Å². The lowest BCUT2D eigenvalue weighted by Crippen LogP contribution is -1.88. The molecule has 0 aliphatic carbocycles. The summed E-state index contributed by atoms with van der Waals surface area (Å²) in [6, 6.07) is 0. The van der Waals surface area contributed by atoms with Gasteiger partial charge >= 0.3 is 0 Å². The molecule has 0 aromatic rings. The Hall–Kier alpha value is 2.80. The Morgan fingerprint density at radius 3 is 1.58 bits per heavy atom. The monoisotopic (exact) mass is 412 g/mol. The fourth-order valence-electron chi connectivity index (χ4n) is 1.03. The molecule has 0 radical (unpaired) electrons. The van der Waals surface area contributed by atoms with Crippen molar-refractivity contribution in [2.24, 2.45) is 0 Å². The van der Waals surface area contributed by atoms with Crippen molar-refractivity contribution in [1.82, 2.24) is 0 Å². The molecule has 0 spiro atoms. The van der Waals surface area contributed by atoms with Crippen LogP contribution in [0, 0.1) is 0 Å². The molecule has 0 saturated heterocycles. The van der Waals surface area contributed by atoms with Gasteiger partial charge in [-0.1, -0.05) is 10.8 Å². The van der Waals surface area contributed by atoms with Gasteiger partial charge in [0.25, 0.3) is 0 Å². The van der Waals surface area contributed by atoms with Gasteiger partial charge in [0.05, 0.1) is 0 Å². The summed E-state index contributed by atoms with van der Waals surface area (Å²) in [6.45, 7) is 0. The molecule has 0 atom stereocenters. The van der Waals surface area contributed by atoms with Crippen LogP contribution in [0.15, 0.2) is 0 Å². The maximum Gasteiger partial charge on any atom is 0.0493 e. The predicted octanol–water partition coefficient (Wildman–Crippen LogP) is 6.20. The second-order valence-corrected chi connectivity index (χ2v) is 12.5. The maximum atomic E-state index is 4.13. The Bertz CT molecular complexity index is 142. The lowest BCUT2D eigenvalue weighted by Gasteiger charge is -2.03. The highest BCUT2D eigenvalue weighted by Crippen LogP contribution is 2.20. The number of hydrogen-bond donors (Lipinski definition) is 1. The summed E-state index contributed by atoms with van der Waals surface area (Å²) in [5.74, 6) is 5.27. The van der Waals surface area contributed by atoms with Crippen LogP contribution in [-0.2, 0) is 0 Å². The molecular formula is C11H24S8. The molecule has 0 N–H and O–H groups in total. The van der Waals surface area contributed by atoms with Crippen molar-refractivity contribution in [2.75, 3.05) is 49.6 Å². The lowest BCUT2D eigenvalue weighted by atomic mass is 10.6. The maximum absolute atomic E-state index is 4.13. The van der Waals surface area contributed by atoms with Gasteiger partial charge in [0, 0.05) is 20.3 Å². The van der Waals surface area contributed by atoms with Gasteiger partial charge in [-0.15, -0.1) is 23.4 Å². The van der Waals surface area contributed by atoms with E-state index in [0.717, 1.165) is 5.08 Å². The summed E-state index contributed by atoms with van der Waals surface area (Å²) in [7, 11) is 1.63. The summed E-state index contributed by atoms with van der Waals surface area (Å²) in [6.07, 6.45) is 4.88. The normalized spacial score (nSPS) is 11.1. The van der Waals surface area contributed by atoms with E-state index >= 15 is 0 Å². The van der Waals surface area contributed by atoms with Crippen LogP contribution >= 0.6 is 93.0 Å². The zero-order chi connectivity index (χ0) is 14.0. The third-order valence-corrected chi connectivity index (χ3v) is 10.4. The minimum Gasteiger partial charge on any atom is -0.154 e. The SMILES string of the molecule is CSCSCSCCCSCSCCCSCSS. The fourth-order valence-corrected chi connectivity index (χ4v) is 8.14. The molecule has 0 rings (SSSR count). The lowest BCUT2D eigenvalue weighted by molar-refractivity contribution is 1.12. The van der Waals surface area contributed by atoms with Crippen LogP contribution in [0.2, 0.25) is 0 Å². The van der Waals surface area contributed by atoms with Crippen molar-refractivity contribution in [2.45, 2.75) is 12.8 Å². The first-order valence-corrected chi connectivity index (χ1v) is 15.3. The van der Waals surface area contributed by atoms with Crippen LogP contribution < -0.4 is 0 Å². The van der Waals surface area contributed by atoms with Crippen LogP contribution in [0.1, 0.15) is 12.8 Å². The molecule has 0 aromatic heterocycles. The summed E-state index contributed by atoms with van der Waals surface area (Å²) >= 11 is 16.4. The zero-order valence-electron chi connectivity index (χ0n) is 11.4. The predicted molar refractivity (Wildman–Crippen MR) is 116 cm³/mol. The second kappa shape index (κ2) is 20.8. The van der Waals surface area contributed by atoms with Crippen molar-refractivity contribution >= 4 is 93.0 Å². The molecule has 0 fully saturated rings. The van der Waals surface area contributed by atoms with E-state index in [0.29, 0.717) is 0 Å². The fraction of sp³-hybridized carbons (Fsp3) is 1.00. The van der Waals surface area contributed by atoms with Crippen molar-refractivity contribution in [3.05, 3.63) is 0 Å². The first-order chi connectivity index (χ1) is 9.41. The van der Waals surface area contributed by atoms with Crippen LogP contribution in [0.3, 0.4) is 0 Å². The van der Waals surface area contributed by atoms with Gasteiger partial charge in [-0.2, -0.15) is 58.8 Å². The summed E-state index contributed by atoms with van der Waals surface area (Å²) in [4.78, 5) is 0. The highest BCUT2D eigenvalue weighted by atomic mass is 33.1. The molecule has 0 aliphatic heterocycles. The van der Waals surface area contributed by atoms with E-state index in [1.165, 1.54) is 51.1 Å². The van der Waals surface area contributed by atoms with Crippen molar-refractivity contribution < 1.29 is 0 Å². The third-order valence-electron chi connectivity index (χ3n) is 1.83. The molecule has 0 unspecified atom stereocenters. The van der Waals surface area contributed by atoms with Gasteiger partial charge in [0.2, 0.25) is 0 Å². The Kier molecular flexibility index (Phi) is 23.9. The van der Waals surface area contributed by atoms with Gasteiger partial charge in [0.1, 0.15) is 0 Å². The molecule has 0 aromatic carbocycles. The first-order valence-electron chi connectivity index (χ1n) is 6.05. The number of hydrogen-bond acceptors (Lipinski definition) is 8. The molecule has 8 heteroatoms. The molecule has 0 bridgehead atoms. The van der Waals surface area contributed by atoms with E-state index in [-0.39, 0.29) is 0 Å². The number of thiol groups is 1. The Morgan fingerprint density at radius 1 is 0.632 bits per heavy atom. The van der Waals surface area contributed by atoms with E-state index in [4.69, 9.17) is 0 Å². The zero-order valence-corrected chi connectivity index (χ0v) is 18.0. The van der Waals surface area contributed by atoms with E-state index in [1.54, 1.807) is 10.8 Å². The van der Waals surface area contributed by atoms with Gasteiger partial charge in [0.15, 0.2) is 0 Å². The minimum absolute atomic E-state index is 1.12. The average Bonchev–Trinajstić information content (AvgIpc) is 2.43. The van der Waals surface area contributed by atoms with E-state index in [1.807, 2.05) is 35.3 Å². The van der Waals surface area contributed by atoms with E-state index in [9.17, 15) is 0 Å². The van der Waals surface area contributed by atoms with Crippen LogP contribution in [0.4, 0.5) is 0 Å². The average molecular weight is 413 g/mol. The first kappa shape index (κ1) is 21.8. The second-order valence-electron chi connectivity index (χ2n) is 3.43. The van der Waals surface area contributed by atoms with Gasteiger partial charge in [-0.3, -0.25) is 0 Å². The largest absolute Gasteiger partial charge is 0.154 e. The molecule has 0 aliphatic rings. The van der Waals surface area contributed by atoms with Crippen LogP contribution in [0.5, 0.6) is 0 Å². The topological polar surface area (TPSA) is 0 Å². The number of rotatable bonds is 16. The molecule has 116 valence electrons. The molecule has 0 nitrogen and oxygen atoms in total. The Balaban J connectivity index is 2.88. The van der Waals surface area contributed by atoms with E-state index < -0.39 is 0 Å². The molecule has 19 heavy (non-hydrogen) atoms. The number of thioether (sulfide) groups is 6. The van der Waals surface area contributed by atoms with Gasteiger partial charge in [-0.05, 0) is 42.1 Å². The highest BCUT2D eigenvalue weighted by Gasteiger charge is 1.94. The molecule has 0 saturated carbocycles. The van der Waals surface area contributed by atoms with E-state index in [2.05, 4.69) is 53.2 Å². The molecule has 0 amide bonds. The van der Waals surface area contributed by atoms with Gasteiger partial charge in [-0.25, -0.2) is 0 Å². The van der Waals surface area contributed by atoms with Crippen LogP contribution in [0.25, 0.3) is 0 Å². The van der Waals surface area contributed by atoms with Crippen LogP contribution in [-0.4, -0.2) is 49.6 Å². The third kappa shape index (κ3) is 20.8. The molecule has 0 heterocycles. The summed E-state index contributed by atoms with van der Waals surface area (Å²) in [5.41, 5.74) is 0.